The maximum absolute atomic E-state index is 13.8. The lowest BCUT2D eigenvalue weighted by Crippen LogP contribution is -2.40. The Morgan fingerprint density at radius 3 is 2.57 bits per heavy atom. The van der Waals surface area contributed by atoms with Crippen molar-refractivity contribution < 1.29 is 22.5 Å². The Morgan fingerprint density at radius 2 is 2.04 bits per heavy atom. The molecule has 128 valence electrons. The number of benzene rings is 1. The van der Waals surface area contributed by atoms with E-state index < -0.39 is 20.6 Å². The third-order valence-electron chi connectivity index (χ3n) is 3.73. The molecule has 0 spiro atoms. The van der Waals surface area contributed by atoms with E-state index in [0.29, 0.717) is 32.5 Å². The fraction of sp³-hybridized carbons (Fsp3) is 0.571. The van der Waals surface area contributed by atoms with Gasteiger partial charge in [-0.05, 0) is 18.9 Å². The van der Waals surface area contributed by atoms with Gasteiger partial charge < -0.3 is 9.64 Å². The molecule has 1 aromatic carbocycles. The first kappa shape index (κ1) is 17.6. The highest BCUT2D eigenvalue weighted by molar-refractivity contribution is 7.90. The number of nitrogens with zero attached hydrogens (tertiary/aromatic N) is 2. The molecule has 0 unspecified atom stereocenters. The van der Waals surface area contributed by atoms with Gasteiger partial charge in [0.1, 0.15) is 15.9 Å². The van der Waals surface area contributed by atoms with Crippen molar-refractivity contribution in [3.8, 4) is 5.75 Å². The van der Waals surface area contributed by atoms with Gasteiger partial charge in [0.25, 0.3) is 5.69 Å². The number of non-ortho nitro benzene ring substituents is 1. The van der Waals surface area contributed by atoms with Crippen molar-refractivity contribution in [2.75, 3.05) is 31.6 Å². The maximum atomic E-state index is 13.8. The van der Waals surface area contributed by atoms with Gasteiger partial charge in [-0.2, -0.15) is 0 Å². The van der Waals surface area contributed by atoms with E-state index in [4.69, 9.17) is 4.74 Å². The summed E-state index contributed by atoms with van der Waals surface area (Å²) in [4.78, 5) is 11.9. The summed E-state index contributed by atoms with van der Waals surface area (Å²) >= 11 is 0. The Bertz CT molecular complexity index is 672. The summed E-state index contributed by atoms with van der Waals surface area (Å²) in [5.74, 6) is -0.626. The molecule has 0 aromatic heterocycles. The van der Waals surface area contributed by atoms with Crippen molar-refractivity contribution in [3.63, 3.8) is 0 Å². The molecule has 0 bridgehead atoms. The van der Waals surface area contributed by atoms with Crippen molar-refractivity contribution in [1.29, 1.82) is 0 Å². The van der Waals surface area contributed by atoms with Crippen LogP contribution >= 0.6 is 0 Å². The lowest BCUT2D eigenvalue weighted by molar-refractivity contribution is -0.385. The zero-order chi connectivity index (χ0) is 17.0. The highest BCUT2D eigenvalue weighted by Gasteiger charge is 2.22. The molecule has 0 saturated carbocycles. The molecule has 0 radical (unpaired) electrons. The van der Waals surface area contributed by atoms with Crippen LogP contribution in [-0.2, 0) is 9.84 Å². The minimum Gasteiger partial charge on any atom is -0.487 e. The third-order valence-corrected chi connectivity index (χ3v) is 4.66. The van der Waals surface area contributed by atoms with E-state index in [-0.39, 0.29) is 23.3 Å². The minimum absolute atomic E-state index is 0.00480. The Labute approximate surface area is 134 Å². The fourth-order valence-electron chi connectivity index (χ4n) is 2.42. The molecule has 23 heavy (non-hydrogen) atoms. The van der Waals surface area contributed by atoms with Crippen LogP contribution in [0.4, 0.5) is 10.1 Å². The van der Waals surface area contributed by atoms with Crippen LogP contribution in [0.3, 0.4) is 0 Å². The summed E-state index contributed by atoms with van der Waals surface area (Å²) in [5.41, 5.74) is -0.314. The van der Waals surface area contributed by atoms with E-state index in [1.54, 1.807) is 0 Å². The average Bonchev–Trinajstić information content (AvgIpc) is 2.47. The van der Waals surface area contributed by atoms with Crippen LogP contribution in [-0.4, -0.2) is 56.0 Å². The van der Waals surface area contributed by atoms with Gasteiger partial charge in [0.05, 0.1) is 16.7 Å². The first-order valence-electron chi connectivity index (χ1n) is 7.25. The van der Waals surface area contributed by atoms with Gasteiger partial charge >= 0.3 is 0 Å². The number of piperidine rings is 1. The molecule has 1 fully saturated rings. The van der Waals surface area contributed by atoms with E-state index in [0.717, 1.165) is 6.07 Å². The van der Waals surface area contributed by atoms with Gasteiger partial charge in [0.2, 0.25) is 0 Å². The molecule has 1 saturated heterocycles. The number of hydrogen-bond donors (Lipinski definition) is 0. The second-order valence-electron chi connectivity index (χ2n) is 5.66. The van der Waals surface area contributed by atoms with Gasteiger partial charge in [-0.3, -0.25) is 10.1 Å². The van der Waals surface area contributed by atoms with Gasteiger partial charge in [-0.1, -0.05) is 0 Å². The van der Waals surface area contributed by atoms with Crippen LogP contribution in [0.1, 0.15) is 12.8 Å². The predicted octanol–water partition coefficient (Wildman–Crippen LogP) is 1.62. The number of ether oxygens (including phenoxy) is 1. The summed E-state index contributed by atoms with van der Waals surface area (Å²) in [7, 11) is -2.98. The van der Waals surface area contributed by atoms with Crippen molar-refractivity contribution >= 4 is 15.5 Å². The Morgan fingerprint density at radius 1 is 1.39 bits per heavy atom. The summed E-state index contributed by atoms with van der Waals surface area (Å²) in [6.45, 7) is 1.83. The van der Waals surface area contributed by atoms with E-state index in [9.17, 15) is 22.9 Å². The van der Waals surface area contributed by atoms with E-state index >= 15 is 0 Å². The molecule has 0 N–H and O–H groups in total. The van der Waals surface area contributed by atoms with Gasteiger partial charge in [0.15, 0.2) is 11.6 Å². The van der Waals surface area contributed by atoms with Gasteiger partial charge in [-0.25, -0.2) is 12.8 Å². The summed E-state index contributed by atoms with van der Waals surface area (Å²) in [6.07, 6.45) is 2.33. The summed E-state index contributed by atoms with van der Waals surface area (Å²) in [6, 6.07) is 3.32. The maximum Gasteiger partial charge on any atom is 0.272 e. The largest absolute Gasteiger partial charge is 0.487 e. The van der Waals surface area contributed by atoms with Crippen molar-refractivity contribution in [1.82, 2.24) is 4.90 Å². The molecule has 0 aliphatic carbocycles. The highest BCUT2D eigenvalue weighted by Crippen LogP contribution is 2.25. The van der Waals surface area contributed by atoms with Crippen molar-refractivity contribution in [3.05, 3.63) is 34.1 Å². The first-order chi connectivity index (χ1) is 10.7. The molecule has 9 heteroatoms. The van der Waals surface area contributed by atoms with Gasteiger partial charge in [0, 0.05) is 32.0 Å². The van der Waals surface area contributed by atoms with Gasteiger partial charge in [-0.15, -0.1) is 0 Å². The molecule has 1 heterocycles. The highest BCUT2D eigenvalue weighted by atomic mass is 32.2. The van der Waals surface area contributed by atoms with Crippen LogP contribution in [0.2, 0.25) is 0 Å². The second-order valence-corrected chi connectivity index (χ2v) is 7.92. The molecule has 1 aromatic rings. The third kappa shape index (κ3) is 5.43. The zero-order valence-electron chi connectivity index (χ0n) is 12.8. The zero-order valence-corrected chi connectivity index (χ0v) is 13.6. The van der Waals surface area contributed by atoms with Crippen LogP contribution in [0.15, 0.2) is 18.2 Å². The molecular formula is C14H19FN2O5S. The molecule has 2 rings (SSSR count). The lowest BCUT2D eigenvalue weighted by atomic mass is 10.1. The predicted molar refractivity (Wildman–Crippen MR) is 82.9 cm³/mol. The fourth-order valence-corrected chi connectivity index (χ4v) is 3.01. The van der Waals surface area contributed by atoms with Crippen LogP contribution in [0.5, 0.6) is 5.75 Å². The Balaban J connectivity index is 1.86. The molecule has 0 amide bonds. The molecule has 1 aliphatic heterocycles. The van der Waals surface area contributed by atoms with Crippen LogP contribution in [0.25, 0.3) is 0 Å². The number of likely N-dealkylation sites (tertiary alicyclic amines) is 1. The second kappa shape index (κ2) is 7.22. The molecule has 0 atom stereocenters. The molecule has 1 aliphatic rings. The van der Waals surface area contributed by atoms with E-state index in [1.165, 1.54) is 18.4 Å². The normalized spacial score (nSPS) is 17.1. The molecule has 7 nitrogen and oxygen atoms in total. The first-order valence-corrected chi connectivity index (χ1v) is 9.31. The summed E-state index contributed by atoms with van der Waals surface area (Å²) < 4.78 is 41.7. The number of nitro benzene ring substituents is 1. The smallest absolute Gasteiger partial charge is 0.272 e. The van der Waals surface area contributed by atoms with E-state index in [1.807, 2.05) is 4.90 Å². The topological polar surface area (TPSA) is 89.8 Å². The number of nitro groups is 1. The van der Waals surface area contributed by atoms with Crippen LogP contribution < -0.4 is 4.74 Å². The van der Waals surface area contributed by atoms with Crippen molar-refractivity contribution in [2.24, 2.45) is 0 Å². The standard InChI is InChI=1S/C14H19FN2O5S/c1-23(20,21)9-8-16-6-4-12(5-7-16)22-14-3-2-11(17(18)19)10-13(14)15/h2-3,10,12H,4-9H2,1H3. The average molecular weight is 346 g/mol. The Hall–Kier alpha value is -1.74. The number of halogens is 1. The number of rotatable bonds is 6. The number of sulfone groups is 1. The quantitative estimate of drug-likeness (QED) is 0.574. The van der Waals surface area contributed by atoms with Crippen LogP contribution in [0, 0.1) is 15.9 Å². The number of hydrogen-bond acceptors (Lipinski definition) is 6. The SMILES string of the molecule is CS(=O)(=O)CCN1CCC(Oc2ccc([N+](=O)[O-])cc2F)CC1. The lowest BCUT2D eigenvalue weighted by Gasteiger charge is -2.31. The van der Waals surface area contributed by atoms with E-state index in [2.05, 4.69) is 0 Å². The summed E-state index contributed by atoms with van der Waals surface area (Å²) in [5, 5.41) is 10.6. The minimum atomic E-state index is -2.98. The monoisotopic (exact) mass is 346 g/mol. The molecular weight excluding hydrogens is 327 g/mol. The Kier molecular flexibility index (Phi) is 5.53. The van der Waals surface area contributed by atoms with Crippen molar-refractivity contribution in [2.45, 2.75) is 18.9 Å².